The van der Waals surface area contributed by atoms with Crippen LogP contribution in [-0.4, -0.2) is 43.9 Å². The highest BCUT2D eigenvalue weighted by atomic mass is 16.5. The number of amides is 1. The molecule has 0 saturated heterocycles. The van der Waals surface area contributed by atoms with E-state index in [-0.39, 0.29) is 12.5 Å². The van der Waals surface area contributed by atoms with Gasteiger partial charge in [-0.3, -0.25) is 4.79 Å². The molecule has 6 nitrogen and oxygen atoms in total. The van der Waals surface area contributed by atoms with Gasteiger partial charge in [-0.05, 0) is 25.1 Å². The van der Waals surface area contributed by atoms with Crippen LogP contribution < -0.4 is 16.4 Å². The number of aliphatic hydroxyl groups is 1. The maximum Gasteiger partial charge on any atom is 0.251 e. The summed E-state index contributed by atoms with van der Waals surface area (Å²) in [7, 11) is 0. The van der Waals surface area contributed by atoms with E-state index < -0.39 is 0 Å². The molecule has 0 unspecified atom stereocenters. The second-order valence-corrected chi connectivity index (χ2v) is 3.92. The molecule has 0 aromatic heterocycles. The number of nitrogen functional groups attached to an aromatic ring is 1. The smallest absolute Gasteiger partial charge is 0.251 e. The zero-order valence-electron chi connectivity index (χ0n) is 11.1. The largest absolute Gasteiger partial charge is 0.397 e. The van der Waals surface area contributed by atoms with Gasteiger partial charge in [-0.1, -0.05) is 0 Å². The minimum Gasteiger partial charge on any atom is -0.397 e. The predicted molar refractivity (Wildman–Crippen MR) is 75.3 cm³/mol. The summed E-state index contributed by atoms with van der Waals surface area (Å²) in [4.78, 5) is 11.6. The van der Waals surface area contributed by atoms with Crippen molar-refractivity contribution in [1.29, 1.82) is 0 Å². The number of rotatable bonds is 8. The summed E-state index contributed by atoms with van der Waals surface area (Å²) in [6, 6.07) is 5.13. The number of benzene rings is 1. The van der Waals surface area contributed by atoms with Gasteiger partial charge >= 0.3 is 0 Å². The summed E-state index contributed by atoms with van der Waals surface area (Å²) in [6.07, 6.45) is 0. The lowest BCUT2D eigenvalue weighted by Gasteiger charge is -2.11. The molecule has 0 fully saturated rings. The number of nitrogens with two attached hydrogens (primary N) is 1. The normalized spacial score (nSPS) is 10.2. The van der Waals surface area contributed by atoms with Crippen molar-refractivity contribution < 1.29 is 14.6 Å². The summed E-state index contributed by atoms with van der Waals surface area (Å²) in [5, 5.41) is 14.4. The molecule has 0 atom stereocenters. The van der Waals surface area contributed by atoms with Crippen molar-refractivity contribution in [3.8, 4) is 0 Å². The fourth-order valence-electron chi connectivity index (χ4n) is 1.55. The Bertz CT molecular complexity index is 410. The highest BCUT2D eigenvalue weighted by Gasteiger charge is 2.06. The number of aliphatic hydroxyl groups excluding tert-OH is 1. The quantitative estimate of drug-likeness (QED) is 0.405. The Kier molecular flexibility index (Phi) is 6.70. The summed E-state index contributed by atoms with van der Waals surface area (Å²) in [5.74, 6) is -0.132. The molecule has 19 heavy (non-hydrogen) atoms. The Balaban J connectivity index is 2.50. The van der Waals surface area contributed by atoms with Crippen LogP contribution in [0.15, 0.2) is 18.2 Å². The third-order valence-electron chi connectivity index (χ3n) is 2.45. The van der Waals surface area contributed by atoms with Gasteiger partial charge in [0.2, 0.25) is 0 Å². The van der Waals surface area contributed by atoms with E-state index in [4.69, 9.17) is 15.6 Å². The van der Waals surface area contributed by atoms with Crippen LogP contribution in [0.4, 0.5) is 11.4 Å². The lowest BCUT2D eigenvalue weighted by Crippen LogP contribution is -2.22. The molecule has 1 amide bonds. The van der Waals surface area contributed by atoms with Crippen molar-refractivity contribution in [2.24, 2.45) is 0 Å². The van der Waals surface area contributed by atoms with Crippen molar-refractivity contribution in [3.63, 3.8) is 0 Å². The molecule has 1 rings (SSSR count). The molecule has 5 N–H and O–H groups in total. The molecule has 106 valence electrons. The van der Waals surface area contributed by atoms with E-state index in [1.165, 1.54) is 0 Å². The fourth-order valence-corrected chi connectivity index (χ4v) is 1.55. The van der Waals surface area contributed by atoms with Gasteiger partial charge in [0.25, 0.3) is 5.91 Å². The van der Waals surface area contributed by atoms with Gasteiger partial charge in [0.1, 0.15) is 0 Å². The molecule has 1 aromatic carbocycles. The summed E-state index contributed by atoms with van der Waals surface area (Å²) in [6.45, 7) is 3.87. The van der Waals surface area contributed by atoms with Crippen LogP contribution in [0.3, 0.4) is 0 Å². The van der Waals surface area contributed by atoms with Gasteiger partial charge in [0.05, 0.1) is 31.2 Å². The highest BCUT2D eigenvalue weighted by Crippen LogP contribution is 2.19. The second kappa shape index (κ2) is 8.34. The van der Waals surface area contributed by atoms with Gasteiger partial charge in [-0.2, -0.15) is 0 Å². The third-order valence-corrected chi connectivity index (χ3v) is 2.45. The van der Waals surface area contributed by atoms with Gasteiger partial charge < -0.3 is 26.2 Å². The van der Waals surface area contributed by atoms with Crippen molar-refractivity contribution in [2.75, 3.05) is 44.0 Å². The first-order valence-electron chi connectivity index (χ1n) is 6.29. The van der Waals surface area contributed by atoms with E-state index in [0.717, 1.165) is 5.69 Å². The van der Waals surface area contributed by atoms with E-state index in [2.05, 4.69) is 10.6 Å². The Morgan fingerprint density at radius 3 is 2.84 bits per heavy atom. The van der Waals surface area contributed by atoms with Crippen molar-refractivity contribution in [1.82, 2.24) is 5.32 Å². The van der Waals surface area contributed by atoms with Crippen molar-refractivity contribution in [3.05, 3.63) is 23.8 Å². The van der Waals surface area contributed by atoms with E-state index in [1.54, 1.807) is 18.2 Å². The van der Waals surface area contributed by atoms with E-state index in [9.17, 15) is 4.79 Å². The molecule has 1 aromatic rings. The van der Waals surface area contributed by atoms with Crippen LogP contribution in [0.5, 0.6) is 0 Å². The van der Waals surface area contributed by atoms with Crippen LogP contribution >= 0.6 is 0 Å². The number of anilines is 2. The zero-order valence-corrected chi connectivity index (χ0v) is 11.1. The number of nitrogens with one attached hydrogen (secondary N) is 2. The monoisotopic (exact) mass is 267 g/mol. The number of ether oxygens (including phenoxy) is 1. The Labute approximate surface area is 112 Å². The SMILES string of the molecule is CCNC(=O)c1ccc(NCCOCCO)c(N)c1. The predicted octanol–water partition coefficient (Wildman–Crippen LogP) is 0.439. The first-order valence-corrected chi connectivity index (χ1v) is 6.29. The van der Waals surface area contributed by atoms with Crippen LogP contribution in [-0.2, 0) is 4.74 Å². The molecule has 0 aliphatic carbocycles. The standard InChI is InChI=1S/C13H21N3O3/c1-2-15-13(18)10-3-4-12(11(14)9-10)16-5-7-19-8-6-17/h3-4,9,16-17H,2,5-8,14H2,1H3,(H,15,18). The van der Waals surface area contributed by atoms with E-state index in [1.807, 2.05) is 6.92 Å². The Hall–Kier alpha value is -1.79. The second-order valence-electron chi connectivity index (χ2n) is 3.92. The topological polar surface area (TPSA) is 96.6 Å². The minimum absolute atomic E-state index is 0.0172. The molecule has 0 radical (unpaired) electrons. The van der Waals surface area contributed by atoms with Crippen molar-refractivity contribution >= 4 is 17.3 Å². The molecular formula is C13H21N3O3. The number of carbonyl (C=O) groups excluding carboxylic acids is 1. The fraction of sp³-hybridized carbons (Fsp3) is 0.462. The summed E-state index contributed by atoms with van der Waals surface area (Å²) < 4.78 is 5.12. The van der Waals surface area contributed by atoms with Crippen LogP contribution in [0.25, 0.3) is 0 Å². The number of carbonyl (C=O) groups is 1. The van der Waals surface area contributed by atoms with E-state index >= 15 is 0 Å². The Morgan fingerprint density at radius 1 is 1.42 bits per heavy atom. The van der Waals surface area contributed by atoms with Gasteiger partial charge in [0, 0.05) is 18.7 Å². The first kappa shape index (κ1) is 15.3. The van der Waals surface area contributed by atoms with Gasteiger partial charge in [-0.15, -0.1) is 0 Å². The summed E-state index contributed by atoms with van der Waals surface area (Å²) >= 11 is 0. The molecule has 0 spiro atoms. The maximum absolute atomic E-state index is 11.6. The third kappa shape index (κ3) is 5.15. The molecule has 0 saturated carbocycles. The Morgan fingerprint density at radius 2 is 2.21 bits per heavy atom. The number of hydrogen-bond donors (Lipinski definition) is 4. The van der Waals surface area contributed by atoms with E-state index in [0.29, 0.717) is 37.6 Å². The first-order chi connectivity index (χ1) is 9.19. The average molecular weight is 267 g/mol. The van der Waals surface area contributed by atoms with Crippen LogP contribution in [0, 0.1) is 0 Å². The molecule has 0 heterocycles. The molecule has 0 aliphatic heterocycles. The van der Waals surface area contributed by atoms with Crippen LogP contribution in [0.2, 0.25) is 0 Å². The van der Waals surface area contributed by atoms with Gasteiger partial charge in [0.15, 0.2) is 0 Å². The van der Waals surface area contributed by atoms with Crippen LogP contribution in [0.1, 0.15) is 17.3 Å². The maximum atomic E-state index is 11.6. The lowest BCUT2D eigenvalue weighted by atomic mass is 10.1. The minimum atomic E-state index is -0.132. The molecule has 0 bridgehead atoms. The highest BCUT2D eigenvalue weighted by molar-refractivity contribution is 5.96. The lowest BCUT2D eigenvalue weighted by molar-refractivity contribution is 0.0956. The average Bonchev–Trinajstić information content (AvgIpc) is 2.40. The zero-order chi connectivity index (χ0) is 14.1. The number of hydrogen-bond acceptors (Lipinski definition) is 5. The summed E-state index contributed by atoms with van der Waals surface area (Å²) in [5.41, 5.74) is 7.70. The van der Waals surface area contributed by atoms with Gasteiger partial charge in [-0.25, -0.2) is 0 Å². The molecular weight excluding hydrogens is 246 g/mol. The molecule has 6 heteroatoms. The molecule has 0 aliphatic rings. The van der Waals surface area contributed by atoms with Crippen molar-refractivity contribution in [2.45, 2.75) is 6.92 Å².